The second kappa shape index (κ2) is 6.11. The van der Waals surface area contributed by atoms with Crippen molar-refractivity contribution in [3.8, 4) is 0 Å². The Morgan fingerprint density at radius 1 is 1.48 bits per heavy atom. The van der Waals surface area contributed by atoms with E-state index in [1.165, 1.54) is 18.2 Å². The highest BCUT2D eigenvalue weighted by molar-refractivity contribution is 9.10. The standard InChI is InChI=1S/C14H18BrN3O3/c1-17(2)14(6-3-7-14)9-16-13(19)11-8-10(18(20)21)4-5-12(11)15/h4-5,8H,3,6-7,9H2,1-2H3,(H,16,19). The summed E-state index contributed by atoms with van der Waals surface area (Å²) in [5.41, 5.74) is 0.217. The van der Waals surface area contributed by atoms with Crippen molar-refractivity contribution >= 4 is 27.5 Å². The van der Waals surface area contributed by atoms with Crippen LogP contribution in [0.1, 0.15) is 29.6 Å². The van der Waals surface area contributed by atoms with Crippen molar-refractivity contribution in [3.05, 3.63) is 38.3 Å². The van der Waals surface area contributed by atoms with Gasteiger partial charge in [0, 0.05) is 28.7 Å². The van der Waals surface area contributed by atoms with Crippen LogP contribution in [0.2, 0.25) is 0 Å². The van der Waals surface area contributed by atoms with Crippen LogP contribution in [0.5, 0.6) is 0 Å². The molecule has 1 amide bonds. The fraction of sp³-hybridized carbons (Fsp3) is 0.500. The molecular weight excluding hydrogens is 338 g/mol. The van der Waals surface area contributed by atoms with Gasteiger partial charge >= 0.3 is 0 Å². The molecule has 1 aliphatic rings. The molecular formula is C14H18BrN3O3. The van der Waals surface area contributed by atoms with Gasteiger partial charge < -0.3 is 10.2 Å². The van der Waals surface area contributed by atoms with Gasteiger partial charge in [-0.25, -0.2) is 0 Å². The number of carbonyl (C=O) groups excluding carboxylic acids is 1. The molecule has 0 aliphatic heterocycles. The number of hydrogen-bond acceptors (Lipinski definition) is 4. The quantitative estimate of drug-likeness (QED) is 0.650. The number of hydrogen-bond donors (Lipinski definition) is 1. The Morgan fingerprint density at radius 2 is 2.14 bits per heavy atom. The summed E-state index contributed by atoms with van der Waals surface area (Å²) in [5, 5.41) is 13.7. The Balaban J connectivity index is 2.10. The zero-order valence-corrected chi connectivity index (χ0v) is 13.6. The molecule has 0 radical (unpaired) electrons. The highest BCUT2D eigenvalue weighted by Crippen LogP contribution is 2.35. The van der Waals surface area contributed by atoms with Gasteiger partial charge in [-0.15, -0.1) is 0 Å². The molecule has 0 aromatic heterocycles. The highest BCUT2D eigenvalue weighted by atomic mass is 79.9. The molecule has 114 valence electrons. The van der Waals surface area contributed by atoms with E-state index < -0.39 is 4.92 Å². The predicted molar refractivity (Wildman–Crippen MR) is 83.4 cm³/mol. The zero-order chi connectivity index (χ0) is 15.6. The van der Waals surface area contributed by atoms with Gasteiger partial charge in [0.05, 0.1) is 10.5 Å². The molecule has 0 saturated heterocycles. The van der Waals surface area contributed by atoms with Crippen molar-refractivity contribution < 1.29 is 9.72 Å². The fourth-order valence-corrected chi connectivity index (χ4v) is 2.93. The van der Waals surface area contributed by atoms with Gasteiger partial charge in [0.15, 0.2) is 0 Å². The monoisotopic (exact) mass is 355 g/mol. The molecule has 0 bridgehead atoms. The van der Waals surface area contributed by atoms with E-state index in [9.17, 15) is 14.9 Å². The number of likely N-dealkylation sites (N-methyl/N-ethyl adjacent to an activating group) is 1. The second-order valence-corrected chi connectivity index (χ2v) is 6.43. The van der Waals surface area contributed by atoms with Gasteiger partial charge in [0.25, 0.3) is 11.6 Å². The summed E-state index contributed by atoms with van der Waals surface area (Å²) in [4.78, 5) is 24.7. The Morgan fingerprint density at radius 3 is 2.62 bits per heavy atom. The average Bonchev–Trinajstić information content (AvgIpc) is 2.36. The lowest BCUT2D eigenvalue weighted by atomic mass is 9.75. The molecule has 1 aromatic rings. The van der Waals surface area contributed by atoms with E-state index in [0.717, 1.165) is 19.3 Å². The number of amides is 1. The van der Waals surface area contributed by atoms with E-state index in [4.69, 9.17) is 0 Å². The minimum Gasteiger partial charge on any atom is -0.350 e. The topological polar surface area (TPSA) is 75.5 Å². The van der Waals surface area contributed by atoms with Crippen LogP contribution >= 0.6 is 15.9 Å². The Labute approximate surface area is 131 Å². The number of benzene rings is 1. The average molecular weight is 356 g/mol. The molecule has 1 saturated carbocycles. The maximum Gasteiger partial charge on any atom is 0.270 e. The second-order valence-electron chi connectivity index (χ2n) is 5.58. The fourth-order valence-electron chi connectivity index (χ4n) is 2.51. The van der Waals surface area contributed by atoms with Gasteiger partial charge in [-0.1, -0.05) is 0 Å². The molecule has 7 heteroatoms. The summed E-state index contributed by atoms with van der Waals surface area (Å²) in [6, 6.07) is 4.19. The molecule has 1 aromatic carbocycles. The number of halogens is 1. The third-order valence-corrected chi connectivity index (χ3v) is 4.91. The highest BCUT2D eigenvalue weighted by Gasteiger charge is 2.39. The van der Waals surface area contributed by atoms with Crippen LogP contribution in [0.3, 0.4) is 0 Å². The van der Waals surface area contributed by atoms with Gasteiger partial charge in [0.1, 0.15) is 0 Å². The van der Waals surface area contributed by atoms with E-state index >= 15 is 0 Å². The Hall–Kier alpha value is -1.47. The molecule has 0 spiro atoms. The molecule has 1 fully saturated rings. The number of nitrogens with zero attached hydrogens (tertiary/aromatic N) is 2. The number of nitro groups is 1. The van der Waals surface area contributed by atoms with Crippen LogP contribution < -0.4 is 5.32 Å². The van der Waals surface area contributed by atoms with Crippen molar-refractivity contribution in [1.29, 1.82) is 0 Å². The van der Waals surface area contributed by atoms with Crippen molar-refractivity contribution in [1.82, 2.24) is 10.2 Å². The number of carbonyl (C=O) groups is 1. The summed E-state index contributed by atoms with van der Waals surface area (Å²) in [6.45, 7) is 0.550. The van der Waals surface area contributed by atoms with Gasteiger partial charge in [-0.05, 0) is 55.4 Å². The normalized spacial score (nSPS) is 16.4. The molecule has 6 nitrogen and oxygen atoms in total. The van der Waals surface area contributed by atoms with E-state index in [-0.39, 0.29) is 22.7 Å². The van der Waals surface area contributed by atoms with Gasteiger partial charge in [-0.3, -0.25) is 14.9 Å². The smallest absolute Gasteiger partial charge is 0.270 e. The lowest BCUT2D eigenvalue weighted by Gasteiger charge is -2.47. The van der Waals surface area contributed by atoms with Crippen molar-refractivity contribution in [2.24, 2.45) is 0 Å². The summed E-state index contributed by atoms with van der Waals surface area (Å²) in [5.74, 6) is -0.293. The molecule has 0 heterocycles. The number of non-ortho nitro benzene ring substituents is 1. The Kier molecular flexibility index (Phi) is 4.63. The van der Waals surface area contributed by atoms with E-state index in [2.05, 4.69) is 26.1 Å². The van der Waals surface area contributed by atoms with Gasteiger partial charge in [-0.2, -0.15) is 0 Å². The molecule has 21 heavy (non-hydrogen) atoms. The minimum atomic E-state index is -0.504. The van der Waals surface area contributed by atoms with Crippen molar-refractivity contribution in [3.63, 3.8) is 0 Å². The summed E-state index contributed by atoms with van der Waals surface area (Å²) < 4.78 is 0.554. The molecule has 0 atom stereocenters. The first-order chi connectivity index (χ1) is 9.85. The third-order valence-electron chi connectivity index (χ3n) is 4.22. The summed E-state index contributed by atoms with van der Waals surface area (Å²) in [7, 11) is 4.02. The van der Waals surface area contributed by atoms with E-state index in [1.54, 1.807) is 0 Å². The lowest BCUT2D eigenvalue weighted by molar-refractivity contribution is -0.384. The largest absolute Gasteiger partial charge is 0.350 e. The number of nitro benzene ring substituents is 1. The van der Waals surface area contributed by atoms with Crippen LogP contribution in [-0.4, -0.2) is 41.9 Å². The van der Waals surface area contributed by atoms with E-state index in [1.807, 2.05) is 14.1 Å². The lowest BCUT2D eigenvalue weighted by Crippen LogP contribution is -2.57. The van der Waals surface area contributed by atoms with Crippen LogP contribution in [0.25, 0.3) is 0 Å². The first-order valence-corrected chi connectivity index (χ1v) is 7.55. The first kappa shape index (κ1) is 15.9. The van der Waals surface area contributed by atoms with Gasteiger partial charge in [0.2, 0.25) is 0 Å². The van der Waals surface area contributed by atoms with Crippen molar-refractivity contribution in [2.45, 2.75) is 24.8 Å². The van der Waals surface area contributed by atoms with Crippen LogP contribution in [0, 0.1) is 10.1 Å². The van der Waals surface area contributed by atoms with Crippen molar-refractivity contribution in [2.75, 3.05) is 20.6 Å². The van der Waals surface area contributed by atoms with Crippen LogP contribution in [-0.2, 0) is 0 Å². The first-order valence-electron chi connectivity index (χ1n) is 6.75. The zero-order valence-electron chi connectivity index (χ0n) is 12.1. The summed E-state index contributed by atoms with van der Waals surface area (Å²) >= 11 is 3.27. The summed E-state index contributed by atoms with van der Waals surface area (Å²) in [6.07, 6.45) is 3.27. The molecule has 0 unspecified atom stereocenters. The SMILES string of the molecule is CN(C)C1(CNC(=O)c2cc([N+](=O)[O-])ccc2Br)CCC1. The molecule has 1 N–H and O–H groups in total. The Bertz CT molecular complexity index is 571. The number of nitrogens with one attached hydrogen (secondary N) is 1. The molecule has 2 rings (SSSR count). The third kappa shape index (κ3) is 3.24. The van der Waals surface area contributed by atoms with E-state index in [0.29, 0.717) is 11.0 Å². The van der Waals surface area contributed by atoms with Crippen LogP contribution in [0.4, 0.5) is 5.69 Å². The number of rotatable bonds is 5. The predicted octanol–water partition coefficient (Wildman–Crippen LogP) is 2.57. The maximum atomic E-state index is 12.3. The maximum absolute atomic E-state index is 12.3. The van der Waals surface area contributed by atoms with Crippen LogP contribution in [0.15, 0.2) is 22.7 Å². The minimum absolute atomic E-state index is 0.0167. The molecule has 1 aliphatic carbocycles.